The van der Waals surface area contributed by atoms with Crippen LogP contribution >= 0.6 is 15.9 Å². The fourth-order valence-corrected chi connectivity index (χ4v) is 1.64. The summed E-state index contributed by atoms with van der Waals surface area (Å²) in [7, 11) is 0. The van der Waals surface area contributed by atoms with E-state index in [2.05, 4.69) is 31.2 Å². The number of nitrogens with one attached hydrogen (secondary N) is 2. The molecule has 0 spiro atoms. The van der Waals surface area contributed by atoms with Gasteiger partial charge in [-0.3, -0.25) is 9.59 Å². The van der Waals surface area contributed by atoms with Gasteiger partial charge in [-0.2, -0.15) is 0 Å². The standard InChI is InChI=1S/C11H8BrN3O2/c12-8-3-1-2-4-9(8)15-11(17)7-5-13-6-14-10(7)16/h1-6H,(H,15,17)(H,13,14,16). The lowest BCUT2D eigenvalue weighted by Crippen LogP contribution is -2.23. The summed E-state index contributed by atoms with van der Waals surface area (Å²) in [6.07, 6.45) is 2.46. The topological polar surface area (TPSA) is 74.8 Å². The van der Waals surface area contributed by atoms with Crippen molar-refractivity contribution in [1.29, 1.82) is 0 Å². The lowest BCUT2D eigenvalue weighted by molar-refractivity contribution is 0.102. The first-order valence-electron chi connectivity index (χ1n) is 4.77. The Balaban J connectivity index is 2.27. The Labute approximate surface area is 105 Å². The van der Waals surface area contributed by atoms with Gasteiger partial charge in [0, 0.05) is 10.7 Å². The summed E-state index contributed by atoms with van der Waals surface area (Å²) in [5, 5.41) is 2.62. The molecule has 0 unspecified atom stereocenters. The van der Waals surface area contributed by atoms with E-state index in [1.54, 1.807) is 18.2 Å². The number of benzene rings is 1. The van der Waals surface area contributed by atoms with Crippen molar-refractivity contribution in [2.45, 2.75) is 0 Å². The Morgan fingerprint density at radius 1 is 1.35 bits per heavy atom. The van der Waals surface area contributed by atoms with Crippen LogP contribution in [0.2, 0.25) is 0 Å². The van der Waals surface area contributed by atoms with Crippen LogP contribution < -0.4 is 10.9 Å². The first-order valence-corrected chi connectivity index (χ1v) is 5.56. The first-order chi connectivity index (χ1) is 8.18. The minimum absolute atomic E-state index is 0.0248. The molecule has 0 radical (unpaired) electrons. The zero-order valence-electron chi connectivity index (χ0n) is 8.61. The Kier molecular flexibility index (Phi) is 3.34. The van der Waals surface area contributed by atoms with Gasteiger partial charge in [0.25, 0.3) is 11.5 Å². The number of rotatable bonds is 2. The molecule has 0 atom stereocenters. The van der Waals surface area contributed by atoms with Gasteiger partial charge in [0.05, 0.1) is 12.0 Å². The fraction of sp³-hybridized carbons (Fsp3) is 0. The fourth-order valence-electron chi connectivity index (χ4n) is 1.26. The van der Waals surface area contributed by atoms with E-state index >= 15 is 0 Å². The molecule has 1 amide bonds. The Morgan fingerprint density at radius 2 is 2.12 bits per heavy atom. The SMILES string of the molecule is O=C(Nc1ccccc1Br)c1cnc[nH]c1=O. The average molecular weight is 294 g/mol. The second-order valence-electron chi connectivity index (χ2n) is 3.23. The van der Waals surface area contributed by atoms with Gasteiger partial charge >= 0.3 is 0 Å². The molecule has 2 rings (SSSR count). The van der Waals surface area contributed by atoms with Crippen LogP contribution in [-0.2, 0) is 0 Å². The molecule has 2 N–H and O–H groups in total. The molecule has 2 aromatic rings. The number of anilines is 1. The summed E-state index contributed by atoms with van der Waals surface area (Å²) in [5.41, 5.74) is 0.105. The highest BCUT2D eigenvalue weighted by molar-refractivity contribution is 9.10. The molecular weight excluding hydrogens is 286 g/mol. The highest BCUT2D eigenvalue weighted by Gasteiger charge is 2.11. The molecule has 6 heteroatoms. The number of nitrogens with zero attached hydrogens (tertiary/aromatic N) is 1. The maximum Gasteiger partial charge on any atom is 0.263 e. The second kappa shape index (κ2) is 4.92. The van der Waals surface area contributed by atoms with Crippen molar-refractivity contribution in [3.63, 3.8) is 0 Å². The predicted molar refractivity (Wildman–Crippen MR) is 67.0 cm³/mol. The third-order valence-electron chi connectivity index (χ3n) is 2.09. The molecule has 0 saturated heterocycles. The van der Waals surface area contributed by atoms with E-state index in [1.165, 1.54) is 12.5 Å². The molecule has 1 aromatic heterocycles. The van der Waals surface area contributed by atoms with Crippen LogP contribution in [0.3, 0.4) is 0 Å². The van der Waals surface area contributed by atoms with Crippen LogP contribution in [-0.4, -0.2) is 15.9 Å². The van der Waals surface area contributed by atoms with Gasteiger partial charge in [0.2, 0.25) is 0 Å². The number of carbonyl (C=O) groups is 1. The molecule has 17 heavy (non-hydrogen) atoms. The molecule has 0 aliphatic rings. The van der Waals surface area contributed by atoms with Crippen molar-refractivity contribution in [2.75, 3.05) is 5.32 Å². The number of carbonyl (C=O) groups excluding carboxylic acids is 1. The highest BCUT2D eigenvalue weighted by atomic mass is 79.9. The molecule has 1 heterocycles. The molecule has 0 fully saturated rings. The summed E-state index contributed by atoms with van der Waals surface area (Å²) in [6.45, 7) is 0. The Hall–Kier alpha value is -1.95. The minimum Gasteiger partial charge on any atom is -0.321 e. The maximum absolute atomic E-state index is 11.8. The van der Waals surface area contributed by atoms with Gasteiger partial charge in [0.15, 0.2) is 0 Å². The van der Waals surface area contributed by atoms with E-state index in [1.807, 2.05) is 6.07 Å². The number of hydrogen-bond acceptors (Lipinski definition) is 3. The van der Waals surface area contributed by atoms with Crippen molar-refractivity contribution in [3.8, 4) is 0 Å². The normalized spacial score (nSPS) is 9.94. The minimum atomic E-state index is -0.494. The molecule has 86 valence electrons. The quantitative estimate of drug-likeness (QED) is 0.886. The van der Waals surface area contributed by atoms with Gasteiger partial charge < -0.3 is 10.3 Å². The van der Waals surface area contributed by atoms with E-state index in [9.17, 15) is 9.59 Å². The molecule has 0 bridgehead atoms. The van der Waals surface area contributed by atoms with Crippen molar-refractivity contribution < 1.29 is 4.79 Å². The van der Waals surface area contributed by atoms with Crippen molar-refractivity contribution >= 4 is 27.5 Å². The maximum atomic E-state index is 11.8. The van der Waals surface area contributed by atoms with Crippen LogP contribution in [0.25, 0.3) is 0 Å². The van der Waals surface area contributed by atoms with Gasteiger partial charge in [-0.05, 0) is 28.1 Å². The number of para-hydroxylation sites is 1. The monoisotopic (exact) mass is 293 g/mol. The van der Waals surface area contributed by atoms with E-state index in [-0.39, 0.29) is 5.56 Å². The zero-order chi connectivity index (χ0) is 12.3. The van der Waals surface area contributed by atoms with E-state index in [0.717, 1.165) is 4.47 Å². The molecular formula is C11H8BrN3O2. The van der Waals surface area contributed by atoms with Gasteiger partial charge in [0.1, 0.15) is 5.56 Å². The molecule has 1 aromatic carbocycles. The summed E-state index contributed by atoms with van der Waals surface area (Å²) in [5.74, 6) is -0.494. The third-order valence-corrected chi connectivity index (χ3v) is 2.78. The lowest BCUT2D eigenvalue weighted by Gasteiger charge is -2.05. The van der Waals surface area contributed by atoms with Crippen molar-refractivity contribution in [3.05, 3.63) is 57.2 Å². The smallest absolute Gasteiger partial charge is 0.263 e. The molecule has 0 aliphatic heterocycles. The molecule has 5 nitrogen and oxygen atoms in total. The second-order valence-corrected chi connectivity index (χ2v) is 4.08. The van der Waals surface area contributed by atoms with E-state index in [4.69, 9.17) is 0 Å². The number of aromatic nitrogens is 2. The summed E-state index contributed by atoms with van der Waals surface area (Å²) in [6, 6.07) is 7.14. The number of hydrogen-bond donors (Lipinski definition) is 2. The van der Waals surface area contributed by atoms with Crippen LogP contribution in [0.15, 0.2) is 46.1 Å². The summed E-state index contributed by atoms with van der Waals surface area (Å²) in [4.78, 5) is 29.2. The average Bonchev–Trinajstić information content (AvgIpc) is 2.32. The Morgan fingerprint density at radius 3 is 2.82 bits per heavy atom. The highest BCUT2D eigenvalue weighted by Crippen LogP contribution is 2.21. The van der Waals surface area contributed by atoms with Gasteiger partial charge in [-0.15, -0.1) is 0 Å². The van der Waals surface area contributed by atoms with Gasteiger partial charge in [-0.25, -0.2) is 4.98 Å². The largest absolute Gasteiger partial charge is 0.321 e. The van der Waals surface area contributed by atoms with Crippen LogP contribution in [0.5, 0.6) is 0 Å². The third kappa shape index (κ3) is 2.59. The lowest BCUT2D eigenvalue weighted by atomic mass is 10.3. The van der Waals surface area contributed by atoms with Crippen LogP contribution in [0.4, 0.5) is 5.69 Å². The summed E-state index contributed by atoms with van der Waals surface area (Å²) >= 11 is 3.30. The number of H-pyrrole nitrogens is 1. The summed E-state index contributed by atoms with van der Waals surface area (Å²) < 4.78 is 0.744. The van der Waals surface area contributed by atoms with Crippen molar-refractivity contribution in [2.24, 2.45) is 0 Å². The van der Waals surface area contributed by atoms with Crippen LogP contribution in [0.1, 0.15) is 10.4 Å². The van der Waals surface area contributed by atoms with Gasteiger partial charge in [-0.1, -0.05) is 12.1 Å². The number of halogens is 1. The van der Waals surface area contributed by atoms with E-state index < -0.39 is 11.5 Å². The predicted octanol–water partition coefficient (Wildman–Crippen LogP) is 1.78. The zero-order valence-corrected chi connectivity index (χ0v) is 10.2. The van der Waals surface area contributed by atoms with Crippen molar-refractivity contribution in [1.82, 2.24) is 9.97 Å². The van der Waals surface area contributed by atoms with E-state index in [0.29, 0.717) is 5.69 Å². The first kappa shape index (κ1) is 11.5. The molecule has 0 saturated carbocycles. The number of amides is 1. The Bertz CT molecular complexity index is 609. The van der Waals surface area contributed by atoms with Crippen LogP contribution in [0, 0.1) is 0 Å². The molecule has 0 aliphatic carbocycles. The number of aromatic amines is 1.